The van der Waals surface area contributed by atoms with Crippen LogP contribution in [-0.2, 0) is 0 Å². The van der Waals surface area contributed by atoms with Crippen LogP contribution >= 0.6 is 0 Å². The molecule has 2 heteroatoms. The molecule has 0 aromatic carbocycles. The Bertz CT molecular complexity index is 172. The van der Waals surface area contributed by atoms with Crippen molar-refractivity contribution in [3.05, 3.63) is 23.8 Å². The van der Waals surface area contributed by atoms with Crippen molar-refractivity contribution in [1.29, 1.82) is 0 Å². The van der Waals surface area contributed by atoms with Gasteiger partial charge in [-0.3, -0.25) is 0 Å². The van der Waals surface area contributed by atoms with E-state index in [9.17, 15) is 0 Å². The van der Waals surface area contributed by atoms with E-state index in [1.165, 1.54) is 0 Å². The third-order valence-corrected chi connectivity index (χ3v) is 0.870. The van der Waals surface area contributed by atoms with Gasteiger partial charge in [-0.1, -0.05) is 0 Å². The lowest BCUT2D eigenvalue weighted by molar-refractivity contribution is 1.05. The summed E-state index contributed by atoms with van der Waals surface area (Å²) in [5, 5.41) is 0. The van der Waals surface area contributed by atoms with Gasteiger partial charge in [0.25, 0.3) is 0 Å². The maximum Gasteiger partial charge on any atom is 0.115 e. The summed E-state index contributed by atoms with van der Waals surface area (Å²) in [6.07, 6.45) is 0.104. The van der Waals surface area contributed by atoms with Crippen LogP contribution in [0.3, 0.4) is 0 Å². The molecule has 1 rings (SSSR count). The molecule has 0 atom stereocenters. The van der Waals surface area contributed by atoms with Crippen molar-refractivity contribution in [3.8, 4) is 0 Å². The first-order valence-corrected chi connectivity index (χ1v) is 2.47. The predicted molar refractivity (Wildman–Crippen MR) is 31.5 cm³/mol. The highest BCUT2D eigenvalue weighted by molar-refractivity contribution is 5.03. The van der Waals surface area contributed by atoms with Crippen LogP contribution in [0.15, 0.2) is 12.4 Å². The van der Waals surface area contributed by atoms with Crippen LogP contribution in [-0.4, -0.2) is 9.97 Å². The van der Waals surface area contributed by atoms with Crippen molar-refractivity contribution in [2.75, 3.05) is 0 Å². The highest BCUT2D eigenvalue weighted by atomic mass is 14.8. The molecule has 0 aliphatic carbocycles. The van der Waals surface area contributed by atoms with Gasteiger partial charge in [0.2, 0.25) is 0 Å². The number of rotatable bonds is 0. The van der Waals surface area contributed by atoms with E-state index in [1.54, 1.807) is 0 Å². The van der Waals surface area contributed by atoms with E-state index in [2.05, 4.69) is 9.97 Å². The van der Waals surface area contributed by atoms with Gasteiger partial charge in [0.1, 0.15) is 7.67 Å². The fourth-order valence-electron chi connectivity index (χ4n) is 0.550. The van der Waals surface area contributed by atoms with Crippen LogP contribution in [0, 0.1) is 13.8 Å². The van der Waals surface area contributed by atoms with Crippen LogP contribution in [0.4, 0.5) is 0 Å². The van der Waals surface area contributed by atoms with E-state index < -0.39 is 0 Å². The van der Waals surface area contributed by atoms with Gasteiger partial charge in [-0.05, 0) is 19.9 Å². The predicted octanol–water partition coefficient (Wildman–Crippen LogP) is 1.09. The molecule has 0 spiro atoms. The zero-order valence-electron chi connectivity index (χ0n) is 5.97. The Hall–Kier alpha value is -0.920. The Morgan fingerprint density at radius 1 is 1.38 bits per heavy atom. The average Bonchev–Trinajstić information content (AvgIpc) is 1.59. The minimum atomic E-state index is 0.104. The lowest BCUT2D eigenvalue weighted by Gasteiger charge is -1.89. The van der Waals surface area contributed by atoms with Gasteiger partial charge in [-0.2, -0.15) is 0 Å². The van der Waals surface area contributed by atoms with Crippen molar-refractivity contribution >= 4 is 0 Å². The Kier molecular flexibility index (Phi) is 0.954. The van der Waals surface area contributed by atoms with E-state index in [0.29, 0.717) is 0 Å². The van der Waals surface area contributed by atoms with Gasteiger partial charge in [-0.25, -0.2) is 9.97 Å². The van der Waals surface area contributed by atoms with Crippen molar-refractivity contribution < 1.29 is 1.37 Å². The Morgan fingerprint density at radius 3 is 2.25 bits per heavy atom. The third kappa shape index (κ3) is 1.03. The molecule has 0 fully saturated rings. The first kappa shape index (κ1) is 4.01. The molecule has 0 saturated carbocycles. The van der Waals surface area contributed by atoms with Crippen molar-refractivity contribution in [1.82, 2.24) is 9.97 Å². The molecule has 0 N–H and O–H groups in total. The lowest BCUT2D eigenvalue weighted by Crippen LogP contribution is -1.84. The zero-order valence-corrected chi connectivity index (χ0v) is 4.97. The molecule has 42 valence electrons. The van der Waals surface area contributed by atoms with Gasteiger partial charge in [-0.15, -0.1) is 0 Å². The van der Waals surface area contributed by atoms with Gasteiger partial charge >= 0.3 is 0 Å². The zero-order chi connectivity index (χ0) is 6.85. The topological polar surface area (TPSA) is 25.8 Å². The van der Waals surface area contributed by atoms with Crippen LogP contribution in [0.1, 0.15) is 12.8 Å². The fraction of sp³-hybridized carbons (Fsp3) is 0.333. The van der Waals surface area contributed by atoms with Crippen LogP contribution < -0.4 is 0 Å². The van der Waals surface area contributed by atoms with E-state index >= 15 is 0 Å². The first-order valence-electron chi connectivity index (χ1n) is 2.97. The van der Waals surface area contributed by atoms with Crippen molar-refractivity contribution in [2.45, 2.75) is 13.8 Å². The third-order valence-electron chi connectivity index (χ3n) is 0.870. The van der Waals surface area contributed by atoms with Gasteiger partial charge in [0.15, 0.2) is 0 Å². The molecule has 0 saturated heterocycles. The summed E-state index contributed by atoms with van der Waals surface area (Å²) >= 11 is 0. The maximum atomic E-state index is 7.05. The number of hydrogen-bond donors (Lipinski definition) is 0. The lowest BCUT2D eigenvalue weighted by atomic mass is 10.4. The van der Waals surface area contributed by atoms with Crippen LogP contribution in [0.25, 0.3) is 0 Å². The van der Waals surface area contributed by atoms with Gasteiger partial charge in [0, 0.05) is 11.4 Å². The number of hydrogen-bond acceptors (Lipinski definition) is 2. The summed E-state index contributed by atoms with van der Waals surface area (Å²) in [5.41, 5.74) is 1.71. The molecule has 0 unspecified atom stereocenters. The second kappa shape index (κ2) is 1.90. The second-order valence-corrected chi connectivity index (χ2v) is 1.75. The van der Waals surface area contributed by atoms with Gasteiger partial charge in [0.05, 0.1) is 0 Å². The molecule has 0 bridgehead atoms. The summed E-state index contributed by atoms with van der Waals surface area (Å²) in [4.78, 5) is 7.58. The largest absolute Gasteiger partial charge is 0.242 e. The Morgan fingerprint density at radius 2 is 1.88 bits per heavy atom. The monoisotopic (exact) mass is 109 g/mol. The minimum Gasteiger partial charge on any atom is -0.242 e. The molecule has 0 aliphatic heterocycles. The summed E-state index contributed by atoms with van der Waals surface area (Å²) in [7, 11) is 0. The molecular formula is C6H8N2. The van der Waals surface area contributed by atoms with E-state index in [4.69, 9.17) is 1.37 Å². The summed E-state index contributed by atoms with van der Waals surface area (Å²) in [6.45, 7) is 3.71. The van der Waals surface area contributed by atoms with Crippen LogP contribution in [0.5, 0.6) is 0 Å². The summed E-state index contributed by atoms with van der Waals surface area (Å²) < 4.78 is 7.05. The maximum absolute atomic E-state index is 7.05. The average molecular weight is 109 g/mol. The first-order chi connectivity index (χ1) is 4.18. The molecule has 1 heterocycles. The number of aromatic nitrogens is 2. The van der Waals surface area contributed by atoms with E-state index in [-0.39, 0.29) is 6.30 Å². The van der Waals surface area contributed by atoms with E-state index in [0.717, 1.165) is 11.4 Å². The molecule has 0 radical (unpaired) electrons. The van der Waals surface area contributed by atoms with Crippen molar-refractivity contribution in [2.24, 2.45) is 0 Å². The molecule has 0 amide bonds. The molecule has 1 aromatic heterocycles. The Balaban J connectivity index is 3.17. The highest BCUT2D eigenvalue weighted by Crippen LogP contribution is 1.91. The minimum absolute atomic E-state index is 0.104. The second-order valence-electron chi connectivity index (χ2n) is 1.75. The van der Waals surface area contributed by atoms with Crippen LogP contribution in [0.2, 0.25) is 0 Å². The Labute approximate surface area is 50.0 Å². The number of aryl methyl sites for hydroxylation is 2. The molecule has 2 nitrogen and oxygen atoms in total. The summed E-state index contributed by atoms with van der Waals surface area (Å²) in [6, 6.07) is 1.85. The standard InChI is InChI=1S/C6H8N2/c1-5-3-6(2)8-4-7-5/h3-4H,1-2H3/i4D. The molecule has 1 aromatic rings. The molecule has 8 heavy (non-hydrogen) atoms. The molecule has 0 aliphatic rings. The number of nitrogens with zero attached hydrogens (tertiary/aromatic N) is 2. The van der Waals surface area contributed by atoms with E-state index in [1.807, 2.05) is 19.9 Å². The smallest absolute Gasteiger partial charge is 0.115 e. The highest BCUT2D eigenvalue weighted by Gasteiger charge is 1.83. The summed E-state index contributed by atoms with van der Waals surface area (Å²) in [5.74, 6) is 0. The normalized spacial score (nSPS) is 11.0. The quantitative estimate of drug-likeness (QED) is 0.498. The SMILES string of the molecule is [2H]c1nc(C)cc(C)n1. The molecular weight excluding hydrogens is 100 g/mol. The fourth-order valence-corrected chi connectivity index (χ4v) is 0.550. The van der Waals surface area contributed by atoms with Crippen molar-refractivity contribution in [3.63, 3.8) is 0 Å². The van der Waals surface area contributed by atoms with Gasteiger partial charge < -0.3 is 0 Å².